The molecule has 1 atom stereocenters. The average molecular weight is 584 g/mol. The molecule has 0 aromatic heterocycles. The molecule has 0 spiro atoms. The van der Waals surface area contributed by atoms with Gasteiger partial charge in [-0.3, -0.25) is 13.9 Å². The van der Waals surface area contributed by atoms with E-state index in [0.29, 0.717) is 16.3 Å². The number of hydrogen-bond acceptors (Lipinski definition) is 4. The molecule has 0 heterocycles. The number of hydrogen-bond donors (Lipinski definition) is 1. The zero-order chi connectivity index (χ0) is 29.7. The molecule has 3 aromatic rings. The van der Waals surface area contributed by atoms with Crippen molar-refractivity contribution in [1.29, 1.82) is 0 Å². The number of rotatable bonds is 10. The minimum Gasteiger partial charge on any atom is -0.350 e. The zero-order valence-corrected chi connectivity index (χ0v) is 25.5. The highest BCUT2D eigenvalue weighted by molar-refractivity contribution is 7.92. The zero-order valence-electron chi connectivity index (χ0n) is 23.9. The summed E-state index contributed by atoms with van der Waals surface area (Å²) in [5.41, 5.74) is 2.86. The second kappa shape index (κ2) is 12.9. The highest BCUT2D eigenvalue weighted by Gasteiger charge is 2.35. The summed E-state index contributed by atoms with van der Waals surface area (Å²) >= 11 is 6.49. The van der Waals surface area contributed by atoms with Gasteiger partial charge in [-0.15, -0.1) is 0 Å². The van der Waals surface area contributed by atoms with Gasteiger partial charge >= 0.3 is 0 Å². The normalized spacial score (nSPS) is 12.5. The molecular formula is C31H38ClN3O4S. The van der Waals surface area contributed by atoms with Gasteiger partial charge in [0.05, 0.1) is 11.9 Å². The quantitative estimate of drug-likeness (QED) is 0.352. The third-order valence-corrected chi connectivity index (χ3v) is 7.92. The Hall–Kier alpha value is -3.36. The highest BCUT2D eigenvalue weighted by Crippen LogP contribution is 2.28. The van der Waals surface area contributed by atoms with Crippen molar-refractivity contribution in [3.8, 4) is 0 Å². The maximum atomic E-state index is 14.2. The number of halogens is 1. The summed E-state index contributed by atoms with van der Waals surface area (Å²) in [5.74, 6) is -0.854. The van der Waals surface area contributed by atoms with Gasteiger partial charge in [-0.2, -0.15) is 0 Å². The van der Waals surface area contributed by atoms with Gasteiger partial charge in [-0.25, -0.2) is 8.42 Å². The van der Waals surface area contributed by atoms with Crippen molar-refractivity contribution in [3.05, 3.63) is 100 Å². The van der Waals surface area contributed by atoms with Crippen LogP contribution in [0.3, 0.4) is 0 Å². The van der Waals surface area contributed by atoms with Gasteiger partial charge in [-0.1, -0.05) is 78.3 Å². The Bertz CT molecular complexity index is 1430. The molecule has 7 nitrogen and oxygen atoms in total. The van der Waals surface area contributed by atoms with E-state index >= 15 is 0 Å². The molecule has 1 unspecified atom stereocenters. The van der Waals surface area contributed by atoms with Gasteiger partial charge in [0.15, 0.2) is 0 Å². The van der Waals surface area contributed by atoms with Crippen molar-refractivity contribution >= 4 is 39.1 Å². The van der Waals surface area contributed by atoms with Crippen LogP contribution in [0.4, 0.5) is 5.69 Å². The molecule has 1 N–H and O–H groups in total. The standard InChI is InChI=1S/C31H38ClN3O4S/c1-22-13-12-14-23(2)29(22)35(40(6,38)39)21-28(36)34(20-25-17-10-11-18-26(25)32)27(30(37)33-31(3,4)5)19-24-15-8-7-9-16-24/h7-18,27H,19-21H2,1-6H3,(H,33,37). The molecule has 2 amide bonds. The number of anilines is 1. The van der Waals surface area contributed by atoms with E-state index in [9.17, 15) is 18.0 Å². The van der Waals surface area contributed by atoms with E-state index in [2.05, 4.69) is 5.32 Å². The van der Waals surface area contributed by atoms with Crippen LogP contribution in [0.25, 0.3) is 0 Å². The van der Waals surface area contributed by atoms with Crippen LogP contribution < -0.4 is 9.62 Å². The average Bonchev–Trinajstić information content (AvgIpc) is 2.85. The fraction of sp³-hybridized carbons (Fsp3) is 0.355. The largest absolute Gasteiger partial charge is 0.350 e. The number of sulfonamides is 1. The number of carbonyl (C=O) groups excluding carboxylic acids is 2. The van der Waals surface area contributed by atoms with Crippen molar-refractivity contribution in [3.63, 3.8) is 0 Å². The van der Waals surface area contributed by atoms with E-state index in [1.807, 2.05) is 89.2 Å². The van der Waals surface area contributed by atoms with E-state index in [1.165, 1.54) is 4.90 Å². The summed E-state index contributed by atoms with van der Waals surface area (Å²) in [6, 6.07) is 21.1. The number of aryl methyl sites for hydroxylation is 2. The molecule has 9 heteroatoms. The first-order valence-corrected chi connectivity index (χ1v) is 15.3. The number of carbonyl (C=O) groups is 2. The lowest BCUT2D eigenvalue weighted by molar-refractivity contribution is -0.140. The molecular weight excluding hydrogens is 546 g/mol. The van der Waals surface area contributed by atoms with Crippen molar-refractivity contribution in [1.82, 2.24) is 10.2 Å². The molecule has 40 heavy (non-hydrogen) atoms. The smallest absolute Gasteiger partial charge is 0.244 e. The lowest BCUT2D eigenvalue weighted by Crippen LogP contribution is -2.56. The highest BCUT2D eigenvalue weighted by atomic mass is 35.5. The predicted molar refractivity (Wildman–Crippen MR) is 162 cm³/mol. The fourth-order valence-corrected chi connectivity index (χ4v) is 5.75. The van der Waals surface area contributed by atoms with Crippen molar-refractivity contribution < 1.29 is 18.0 Å². The van der Waals surface area contributed by atoms with E-state index in [1.54, 1.807) is 18.2 Å². The minimum atomic E-state index is -3.85. The topological polar surface area (TPSA) is 86.8 Å². The molecule has 0 saturated carbocycles. The molecule has 0 aliphatic rings. The molecule has 0 saturated heterocycles. The molecule has 3 rings (SSSR count). The first-order valence-electron chi connectivity index (χ1n) is 13.1. The van der Waals surface area contributed by atoms with E-state index in [0.717, 1.165) is 27.3 Å². The summed E-state index contributed by atoms with van der Waals surface area (Å²) in [5, 5.41) is 3.46. The predicted octanol–water partition coefficient (Wildman–Crippen LogP) is 5.28. The Morgan fingerprint density at radius 2 is 1.48 bits per heavy atom. The summed E-state index contributed by atoms with van der Waals surface area (Å²) < 4.78 is 27.2. The molecule has 0 aliphatic heterocycles. The fourth-order valence-electron chi connectivity index (χ4n) is 4.59. The van der Waals surface area contributed by atoms with Crippen molar-refractivity contribution in [2.75, 3.05) is 17.1 Å². The Kier molecular flexibility index (Phi) is 10.0. The Morgan fingerprint density at radius 3 is 2.02 bits per heavy atom. The lowest BCUT2D eigenvalue weighted by Gasteiger charge is -2.35. The Morgan fingerprint density at radius 1 is 0.900 bits per heavy atom. The number of para-hydroxylation sites is 1. The molecule has 0 fully saturated rings. The van der Waals surface area contributed by atoms with Crippen molar-refractivity contribution in [2.24, 2.45) is 0 Å². The maximum Gasteiger partial charge on any atom is 0.244 e. The van der Waals surface area contributed by atoms with Crippen molar-refractivity contribution in [2.45, 2.75) is 59.2 Å². The third-order valence-electron chi connectivity index (χ3n) is 6.44. The minimum absolute atomic E-state index is 0.0257. The van der Waals surface area contributed by atoms with Crippen LogP contribution in [0.2, 0.25) is 5.02 Å². The monoisotopic (exact) mass is 583 g/mol. The van der Waals surface area contributed by atoms with Crippen LogP contribution in [0.1, 0.15) is 43.0 Å². The number of benzene rings is 3. The number of nitrogens with zero attached hydrogens (tertiary/aromatic N) is 2. The second-order valence-corrected chi connectivity index (χ2v) is 13.4. The summed E-state index contributed by atoms with van der Waals surface area (Å²) in [6.45, 7) is 8.79. The van der Waals surface area contributed by atoms with Crippen LogP contribution in [-0.2, 0) is 32.6 Å². The number of nitrogens with one attached hydrogen (secondary N) is 1. The Labute approximate surface area is 243 Å². The van der Waals surface area contributed by atoms with Crippen LogP contribution in [0, 0.1) is 13.8 Å². The molecule has 0 radical (unpaired) electrons. The lowest BCUT2D eigenvalue weighted by atomic mass is 10.0. The van der Waals surface area contributed by atoms with E-state index in [-0.39, 0.29) is 18.9 Å². The van der Waals surface area contributed by atoms with Gasteiger partial charge in [0, 0.05) is 23.5 Å². The summed E-state index contributed by atoms with van der Waals surface area (Å²) in [6.07, 6.45) is 1.32. The first-order chi connectivity index (χ1) is 18.7. The van der Waals surface area contributed by atoms with Gasteiger partial charge in [-0.05, 0) is 62.9 Å². The molecule has 3 aromatic carbocycles. The van der Waals surface area contributed by atoms with Crippen LogP contribution >= 0.6 is 11.6 Å². The Balaban J connectivity index is 2.12. The van der Waals surface area contributed by atoms with E-state index < -0.39 is 34.1 Å². The third kappa shape index (κ3) is 8.32. The SMILES string of the molecule is Cc1cccc(C)c1N(CC(=O)N(Cc1ccccc1Cl)C(Cc1ccccc1)C(=O)NC(C)(C)C)S(C)(=O)=O. The van der Waals surface area contributed by atoms with E-state index in [4.69, 9.17) is 11.6 Å². The first kappa shape index (κ1) is 31.2. The second-order valence-electron chi connectivity index (χ2n) is 11.1. The summed E-state index contributed by atoms with van der Waals surface area (Å²) in [4.78, 5) is 29.4. The maximum absolute atomic E-state index is 14.2. The summed E-state index contributed by atoms with van der Waals surface area (Å²) in [7, 11) is -3.85. The molecule has 0 aliphatic carbocycles. The van der Waals surface area contributed by atoms with Gasteiger partial charge in [0.25, 0.3) is 0 Å². The molecule has 0 bridgehead atoms. The van der Waals surface area contributed by atoms with Crippen LogP contribution in [-0.4, -0.2) is 49.5 Å². The van der Waals surface area contributed by atoms with Crippen LogP contribution in [0.15, 0.2) is 72.8 Å². The number of amides is 2. The van der Waals surface area contributed by atoms with Gasteiger partial charge in [0.2, 0.25) is 21.8 Å². The molecule has 214 valence electrons. The van der Waals surface area contributed by atoms with Crippen LogP contribution in [0.5, 0.6) is 0 Å². The van der Waals surface area contributed by atoms with Gasteiger partial charge in [0.1, 0.15) is 12.6 Å². The van der Waals surface area contributed by atoms with Gasteiger partial charge < -0.3 is 10.2 Å².